The highest BCUT2D eigenvalue weighted by Crippen LogP contribution is 2.32. The van der Waals surface area contributed by atoms with E-state index in [4.69, 9.17) is 22.4 Å². The summed E-state index contributed by atoms with van der Waals surface area (Å²) in [6, 6.07) is -1.25. The van der Waals surface area contributed by atoms with Crippen LogP contribution in [0.2, 0.25) is 0 Å². The molecule has 0 spiro atoms. The van der Waals surface area contributed by atoms with Crippen molar-refractivity contribution in [3.8, 4) is 0 Å². The van der Waals surface area contributed by atoms with Crippen molar-refractivity contribution in [1.29, 1.82) is 0 Å². The maximum atomic E-state index is 11.6. The number of hydrogen-bond acceptors (Lipinski definition) is 5. The summed E-state index contributed by atoms with van der Waals surface area (Å²) in [7, 11) is 0. The second-order valence-electron chi connectivity index (χ2n) is 3.25. The quantitative estimate of drug-likeness (QED) is 0.562. The van der Waals surface area contributed by atoms with Crippen LogP contribution in [-0.4, -0.2) is 43.3 Å². The van der Waals surface area contributed by atoms with Gasteiger partial charge in [-0.15, -0.1) is 0 Å². The van der Waals surface area contributed by atoms with Crippen molar-refractivity contribution in [2.75, 3.05) is 0 Å². The van der Waals surface area contributed by atoms with E-state index >= 15 is 0 Å². The molecular weight excluding hydrogens is 266 g/mol. The van der Waals surface area contributed by atoms with Gasteiger partial charge >= 0.3 is 11.9 Å². The van der Waals surface area contributed by atoms with E-state index in [9.17, 15) is 14.4 Å². The highest BCUT2D eigenvalue weighted by molar-refractivity contribution is 8.26. The number of carboxylic acids is 2. The second-order valence-corrected chi connectivity index (χ2v) is 4.98. The summed E-state index contributed by atoms with van der Waals surface area (Å²) < 4.78 is 0.0952. The zero-order chi connectivity index (χ0) is 13.2. The van der Waals surface area contributed by atoms with Gasteiger partial charge in [0.25, 0.3) is 5.91 Å². The number of thioether (sulfide) groups is 1. The molecule has 17 heavy (non-hydrogen) atoms. The molecule has 1 aliphatic rings. The minimum atomic E-state index is -1.28. The Kier molecular flexibility index (Phi) is 4.24. The highest BCUT2D eigenvalue weighted by Gasteiger charge is 2.39. The standard InChI is InChI=1S/C9H9NO5S2/c1-4-7(13)10(9(16)17-4)5(8(14)15)2-3-6(11)12/h5H,1-3H2,(H,11,12)(H,14,15). The van der Waals surface area contributed by atoms with Gasteiger partial charge in [0.05, 0.1) is 4.91 Å². The van der Waals surface area contributed by atoms with Gasteiger partial charge in [0.1, 0.15) is 10.4 Å². The van der Waals surface area contributed by atoms with Gasteiger partial charge < -0.3 is 10.2 Å². The van der Waals surface area contributed by atoms with Crippen LogP contribution in [0.5, 0.6) is 0 Å². The molecule has 0 saturated carbocycles. The Morgan fingerprint density at radius 1 is 1.47 bits per heavy atom. The molecule has 92 valence electrons. The molecule has 8 heteroatoms. The maximum absolute atomic E-state index is 11.6. The molecule has 1 atom stereocenters. The van der Waals surface area contributed by atoms with Crippen LogP contribution in [0.15, 0.2) is 11.5 Å². The zero-order valence-corrected chi connectivity index (χ0v) is 10.2. The first kappa shape index (κ1) is 13.7. The van der Waals surface area contributed by atoms with Gasteiger partial charge in [0.2, 0.25) is 0 Å². The van der Waals surface area contributed by atoms with E-state index in [1.807, 2.05) is 0 Å². The van der Waals surface area contributed by atoms with E-state index in [-0.39, 0.29) is 22.1 Å². The Morgan fingerprint density at radius 3 is 2.41 bits per heavy atom. The van der Waals surface area contributed by atoms with Crippen LogP contribution >= 0.6 is 24.0 Å². The third kappa shape index (κ3) is 3.04. The van der Waals surface area contributed by atoms with Crippen molar-refractivity contribution >= 4 is 46.1 Å². The van der Waals surface area contributed by atoms with Crippen molar-refractivity contribution in [1.82, 2.24) is 4.90 Å². The number of carbonyl (C=O) groups is 3. The van der Waals surface area contributed by atoms with Crippen LogP contribution in [0.25, 0.3) is 0 Å². The van der Waals surface area contributed by atoms with Gasteiger partial charge in [-0.3, -0.25) is 14.5 Å². The highest BCUT2D eigenvalue weighted by atomic mass is 32.2. The Hall–Kier alpha value is -1.41. The average molecular weight is 275 g/mol. The molecule has 1 unspecified atom stereocenters. The maximum Gasteiger partial charge on any atom is 0.326 e. The second kappa shape index (κ2) is 5.28. The molecule has 0 bridgehead atoms. The third-order valence-corrected chi connectivity index (χ3v) is 3.33. The largest absolute Gasteiger partial charge is 0.481 e. The van der Waals surface area contributed by atoms with Crippen molar-refractivity contribution < 1.29 is 24.6 Å². The number of nitrogens with zero attached hydrogens (tertiary/aromatic N) is 1. The van der Waals surface area contributed by atoms with Crippen LogP contribution in [0.1, 0.15) is 12.8 Å². The van der Waals surface area contributed by atoms with Crippen molar-refractivity contribution in [2.24, 2.45) is 0 Å². The lowest BCUT2D eigenvalue weighted by molar-refractivity contribution is -0.146. The van der Waals surface area contributed by atoms with Crippen LogP contribution in [0.4, 0.5) is 0 Å². The third-order valence-electron chi connectivity index (χ3n) is 2.09. The van der Waals surface area contributed by atoms with E-state index in [1.165, 1.54) is 0 Å². The van der Waals surface area contributed by atoms with E-state index in [2.05, 4.69) is 6.58 Å². The lowest BCUT2D eigenvalue weighted by Gasteiger charge is -2.22. The first-order chi connectivity index (χ1) is 7.84. The van der Waals surface area contributed by atoms with Crippen LogP contribution in [0.3, 0.4) is 0 Å². The lowest BCUT2D eigenvalue weighted by atomic mass is 10.1. The number of carboxylic acid groups (broad SMARTS) is 2. The molecule has 1 saturated heterocycles. The van der Waals surface area contributed by atoms with E-state index < -0.39 is 23.9 Å². The minimum Gasteiger partial charge on any atom is -0.481 e. The number of thiocarbonyl (C=S) groups is 1. The van der Waals surface area contributed by atoms with Crippen molar-refractivity contribution in [3.05, 3.63) is 11.5 Å². The molecule has 1 amide bonds. The lowest BCUT2D eigenvalue weighted by Crippen LogP contribution is -2.44. The molecule has 2 N–H and O–H groups in total. The summed E-state index contributed by atoms with van der Waals surface area (Å²) in [4.78, 5) is 34.1. The first-order valence-electron chi connectivity index (χ1n) is 4.53. The van der Waals surface area contributed by atoms with Crippen LogP contribution < -0.4 is 0 Å². The normalized spacial score (nSPS) is 17.4. The summed E-state index contributed by atoms with van der Waals surface area (Å²) in [5, 5.41) is 17.5. The molecule has 1 rings (SSSR count). The number of aliphatic carboxylic acids is 2. The Labute approximate surface area is 106 Å². The molecular formula is C9H9NO5S2. The fraction of sp³-hybridized carbons (Fsp3) is 0.333. The van der Waals surface area contributed by atoms with E-state index in [1.54, 1.807) is 0 Å². The van der Waals surface area contributed by atoms with Gasteiger partial charge in [0, 0.05) is 6.42 Å². The van der Waals surface area contributed by atoms with E-state index in [0.29, 0.717) is 0 Å². The monoisotopic (exact) mass is 275 g/mol. The number of hydrogen-bond donors (Lipinski definition) is 2. The molecule has 1 fully saturated rings. The molecule has 0 radical (unpaired) electrons. The zero-order valence-electron chi connectivity index (χ0n) is 8.58. The fourth-order valence-corrected chi connectivity index (χ4v) is 2.52. The summed E-state index contributed by atoms with van der Waals surface area (Å²) >= 11 is 5.79. The van der Waals surface area contributed by atoms with Crippen LogP contribution in [-0.2, 0) is 14.4 Å². The summed E-state index contributed by atoms with van der Waals surface area (Å²) in [6.45, 7) is 3.45. The number of amides is 1. The molecule has 1 aliphatic heterocycles. The molecule has 0 aromatic rings. The SMILES string of the molecule is C=C1SC(=S)N(C(CCC(=O)O)C(=O)O)C1=O. The smallest absolute Gasteiger partial charge is 0.326 e. The predicted octanol–water partition coefficient (Wildman–Crippen LogP) is 0.678. The van der Waals surface area contributed by atoms with Gasteiger partial charge in [0.15, 0.2) is 0 Å². The Morgan fingerprint density at radius 2 is 2.06 bits per heavy atom. The van der Waals surface area contributed by atoms with Crippen molar-refractivity contribution in [3.63, 3.8) is 0 Å². The van der Waals surface area contributed by atoms with Gasteiger partial charge in [-0.25, -0.2) is 4.79 Å². The van der Waals surface area contributed by atoms with Crippen molar-refractivity contribution in [2.45, 2.75) is 18.9 Å². The molecule has 1 heterocycles. The molecule has 0 aliphatic carbocycles. The molecule has 6 nitrogen and oxygen atoms in total. The Balaban J connectivity index is 2.87. The van der Waals surface area contributed by atoms with Crippen LogP contribution in [0, 0.1) is 0 Å². The minimum absolute atomic E-state index is 0.0952. The summed E-state index contributed by atoms with van der Waals surface area (Å²) in [5.74, 6) is -2.98. The molecule has 0 aromatic carbocycles. The topological polar surface area (TPSA) is 94.9 Å². The fourth-order valence-electron chi connectivity index (χ4n) is 1.31. The van der Waals surface area contributed by atoms with Gasteiger partial charge in [-0.05, 0) is 6.42 Å². The average Bonchev–Trinajstić information content (AvgIpc) is 2.44. The van der Waals surface area contributed by atoms with E-state index in [0.717, 1.165) is 16.7 Å². The predicted molar refractivity (Wildman–Crippen MR) is 64.5 cm³/mol. The number of carbonyl (C=O) groups excluding carboxylic acids is 1. The number of rotatable bonds is 5. The van der Waals surface area contributed by atoms with Gasteiger partial charge in [-0.1, -0.05) is 30.6 Å². The summed E-state index contributed by atoms with van der Waals surface area (Å²) in [5.41, 5.74) is 0. The van der Waals surface area contributed by atoms with Gasteiger partial charge in [-0.2, -0.15) is 0 Å². The Bertz CT molecular complexity index is 420. The summed E-state index contributed by atoms with van der Waals surface area (Å²) in [6.07, 6.45) is -0.537. The molecule has 0 aromatic heterocycles. The first-order valence-corrected chi connectivity index (χ1v) is 5.76.